The third kappa shape index (κ3) is 5.91. The standard InChI is InChI=1S/C26H19N3O10S/c1-37-22-11-16(5-9-21(22)39-20-10-6-17(25(31)38-2)13-19(20)29(35)36)12-23-24(30)27(26(32)40-23)14-15-3-7-18(8-4-15)28(33)34/h3-13H,14H2,1-2H3/b23-12-. The van der Waals surface area contributed by atoms with Gasteiger partial charge < -0.3 is 14.2 Å². The summed E-state index contributed by atoms with van der Waals surface area (Å²) in [6.45, 7) is -0.0519. The SMILES string of the molecule is COC(=O)c1ccc(Oc2ccc(/C=C3\SC(=O)N(Cc4ccc([N+](=O)[O-])cc4)C3=O)cc2OC)c([N+](=O)[O-])c1. The summed E-state index contributed by atoms with van der Waals surface area (Å²) in [6, 6.07) is 13.7. The molecule has 0 bridgehead atoms. The molecule has 2 amide bonds. The number of methoxy groups -OCH3 is 2. The van der Waals surface area contributed by atoms with E-state index in [0.717, 1.165) is 29.8 Å². The lowest BCUT2D eigenvalue weighted by molar-refractivity contribution is -0.385. The van der Waals surface area contributed by atoms with Gasteiger partial charge in [-0.1, -0.05) is 18.2 Å². The molecule has 13 nitrogen and oxygen atoms in total. The molecule has 204 valence electrons. The van der Waals surface area contributed by atoms with Gasteiger partial charge in [0.2, 0.25) is 5.75 Å². The number of carbonyl (C=O) groups excluding carboxylic acids is 3. The van der Waals surface area contributed by atoms with Crippen LogP contribution in [0.15, 0.2) is 65.6 Å². The highest BCUT2D eigenvalue weighted by Crippen LogP contribution is 2.39. The minimum absolute atomic E-state index is 0.0219. The van der Waals surface area contributed by atoms with Crippen molar-refractivity contribution in [2.24, 2.45) is 0 Å². The summed E-state index contributed by atoms with van der Waals surface area (Å²) >= 11 is 0.740. The van der Waals surface area contributed by atoms with Crippen LogP contribution in [0, 0.1) is 20.2 Å². The molecular weight excluding hydrogens is 546 g/mol. The number of hydrogen-bond donors (Lipinski definition) is 0. The van der Waals surface area contributed by atoms with Gasteiger partial charge in [0.1, 0.15) is 0 Å². The van der Waals surface area contributed by atoms with E-state index in [1.54, 1.807) is 6.07 Å². The van der Waals surface area contributed by atoms with Crippen LogP contribution in [0.2, 0.25) is 0 Å². The normalized spacial score (nSPS) is 13.8. The molecule has 0 N–H and O–H groups in total. The number of benzene rings is 3. The van der Waals surface area contributed by atoms with Crippen LogP contribution in [-0.4, -0.2) is 46.1 Å². The fraction of sp³-hybridized carbons (Fsp3) is 0.115. The fourth-order valence-electron chi connectivity index (χ4n) is 3.66. The Balaban J connectivity index is 1.54. The van der Waals surface area contributed by atoms with E-state index < -0.39 is 32.6 Å². The van der Waals surface area contributed by atoms with E-state index in [1.807, 2.05) is 0 Å². The highest BCUT2D eigenvalue weighted by atomic mass is 32.2. The van der Waals surface area contributed by atoms with Crippen LogP contribution in [0.5, 0.6) is 17.2 Å². The number of nitrogens with zero attached hydrogens (tertiary/aromatic N) is 3. The second-order valence-electron chi connectivity index (χ2n) is 8.13. The number of imide groups is 1. The molecule has 0 unspecified atom stereocenters. The summed E-state index contributed by atoms with van der Waals surface area (Å²) in [7, 11) is 2.52. The molecule has 1 heterocycles. The van der Waals surface area contributed by atoms with E-state index in [0.29, 0.717) is 11.1 Å². The average molecular weight is 566 g/mol. The van der Waals surface area contributed by atoms with Crippen LogP contribution in [-0.2, 0) is 16.1 Å². The fourth-order valence-corrected chi connectivity index (χ4v) is 4.50. The Hall–Kier alpha value is -5.24. The van der Waals surface area contributed by atoms with Crippen molar-refractivity contribution >= 4 is 46.3 Å². The maximum Gasteiger partial charge on any atom is 0.338 e. The second-order valence-corrected chi connectivity index (χ2v) is 9.13. The molecule has 0 radical (unpaired) electrons. The third-order valence-electron chi connectivity index (χ3n) is 5.64. The van der Waals surface area contributed by atoms with Crippen molar-refractivity contribution in [1.82, 2.24) is 4.90 Å². The van der Waals surface area contributed by atoms with Crippen LogP contribution >= 0.6 is 11.8 Å². The van der Waals surface area contributed by atoms with Crippen molar-refractivity contribution in [3.8, 4) is 17.2 Å². The molecule has 3 aromatic carbocycles. The Kier molecular flexibility index (Phi) is 8.09. The van der Waals surface area contributed by atoms with Crippen molar-refractivity contribution < 1.29 is 38.4 Å². The highest BCUT2D eigenvalue weighted by molar-refractivity contribution is 8.18. The topological polar surface area (TPSA) is 168 Å². The molecule has 1 aliphatic heterocycles. The zero-order valence-electron chi connectivity index (χ0n) is 20.9. The van der Waals surface area contributed by atoms with Crippen LogP contribution in [0.4, 0.5) is 16.2 Å². The molecule has 0 atom stereocenters. The number of esters is 1. The molecule has 1 saturated heterocycles. The Labute approximate surface area is 230 Å². The van der Waals surface area contributed by atoms with Gasteiger partial charge in [-0.3, -0.25) is 34.7 Å². The molecule has 3 aromatic rings. The van der Waals surface area contributed by atoms with E-state index in [-0.39, 0.29) is 39.9 Å². The Morgan fingerprint density at radius 3 is 2.25 bits per heavy atom. The first-order valence-electron chi connectivity index (χ1n) is 11.3. The van der Waals surface area contributed by atoms with E-state index in [4.69, 9.17) is 9.47 Å². The summed E-state index contributed by atoms with van der Waals surface area (Å²) in [4.78, 5) is 59.5. The maximum absolute atomic E-state index is 12.9. The Bertz CT molecular complexity index is 1570. The summed E-state index contributed by atoms with van der Waals surface area (Å²) in [6.07, 6.45) is 1.49. The van der Waals surface area contributed by atoms with Gasteiger partial charge in [-0.2, -0.15) is 0 Å². The first-order valence-corrected chi connectivity index (χ1v) is 12.1. The van der Waals surface area contributed by atoms with Gasteiger partial charge in [-0.05, 0) is 53.2 Å². The van der Waals surface area contributed by atoms with Crippen LogP contribution in [0.25, 0.3) is 6.08 Å². The van der Waals surface area contributed by atoms with Crippen LogP contribution in [0.3, 0.4) is 0 Å². The van der Waals surface area contributed by atoms with Gasteiger partial charge in [0.25, 0.3) is 16.8 Å². The van der Waals surface area contributed by atoms with Gasteiger partial charge >= 0.3 is 11.7 Å². The lowest BCUT2D eigenvalue weighted by Gasteiger charge is -2.12. The van der Waals surface area contributed by atoms with Crippen molar-refractivity contribution in [3.63, 3.8) is 0 Å². The van der Waals surface area contributed by atoms with Gasteiger partial charge in [0, 0.05) is 18.2 Å². The zero-order valence-corrected chi connectivity index (χ0v) is 21.7. The number of nitro groups is 2. The first kappa shape index (κ1) is 27.8. The largest absolute Gasteiger partial charge is 0.493 e. The Morgan fingerprint density at radius 2 is 1.62 bits per heavy atom. The quantitative estimate of drug-likeness (QED) is 0.142. The lowest BCUT2D eigenvalue weighted by atomic mass is 10.1. The minimum atomic E-state index is -0.742. The summed E-state index contributed by atoms with van der Waals surface area (Å²) in [5.74, 6) is -1.11. The first-order chi connectivity index (χ1) is 19.1. The molecule has 1 fully saturated rings. The molecule has 4 rings (SSSR count). The summed E-state index contributed by atoms with van der Waals surface area (Å²) in [5, 5.41) is 21.9. The maximum atomic E-state index is 12.9. The van der Waals surface area contributed by atoms with Crippen molar-refractivity contribution in [1.29, 1.82) is 0 Å². The number of hydrogen-bond acceptors (Lipinski definition) is 11. The molecule has 40 heavy (non-hydrogen) atoms. The number of non-ortho nitro benzene ring substituents is 1. The third-order valence-corrected chi connectivity index (χ3v) is 6.55. The predicted molar refractivity (Wildman–Crippen MR) is 142 cm³/mol. The van der Waals surface area contributed by atoms with Crippen molar-refractivity contribution in [2.45, 2.75) is 6.54 Å². The van der Waals surface area contributed by atoms with Gasteiger partial charge in [-0.25, -0.2) is 4.79 Å². The zero-order chi connectivity index (χ0) is 29.0. The predicted octanol–water partition coefficient (Wildman–Crippen LogP) is 5.33. The summed E-state index contributed by atoms with van der Waals surface area (Å²) in [5.41, 5.74) is 0.445. The highest BCUT2D eigenvalue weighted by Gasteiger charge is 2.35. The average Bonchev–Trinajstić information content (AvgIpc) is 3.20. The number of amides is 2. The molecule has 0 aromatic heterocycles. The molecule has 1 aliphatic rings. The number of carbonyl (C=O) groups is 3. The van der Waals surface area contributed by atoms with E-state index in [2.05, 4.69) is 4.74 Å². The smallest absolute Gasteiger partial charge is 0.338 e. The molecular formula is C26H19N3O10S. The lowest BCUT2D eigenvalue weighted by Crippen LogP contribution is -2.27. The van der Waals surface area contributed by atoms with Crippen molar-refractivity contribution in [2.75, 3.05) is 14.2 Å². The van der Waals surface area contributed by atoms with E-state index in [1.165, 1.54) is 61.7 Å². The van der Waals surface area contributed by atoms with Crippen LogP contribution in [0.1, 0.15) is 21.5 Å². The number of thioether (sulfide) groups is 1. The molecule has 0 saturated carbocycles. The van der Waals surface area contributed by atoms with Gasteiger partial charge in [0.15, 0.2) is 11.5 Å². The van der Waals surface area contributed by atoms with Gasteiger partial charge in [-0.15, -0.1) is 0 Å². The number of rotatable bonds is 9. The monoisotopic (exact) mass is 565 g/mol. The Morgan fingerprint density at radius 1 is 0.925 bits per heavy atom. The minimum Gasteiger partial charge on any atom is -0.493 e. The number of nitro benzene ring substituents is 2. The number of ether oxygens (including phenoxy) is 3. The molecule has 0 spiro atoms. The van der Waals surface area contributed by atoms with Gasteiger partial charge in [0.05, 0.1) is 41.1 Å². The van der Waals surface area contributed by atoms with Crippen LogP contribution < -0.4 is 9.47 Å². The van der Waals surface area contributed by atoms with E-state index >= 15 is 0 Å². The van der Waals surface area contributed by atoms with E-state index in [9.17, 15) is 34.6 Å². The second kappa shape index (κ2) is 11.7. The summed E-state index contributed by atoms with van der Waals surface area (Å²) < 4.78 is 15.7. The molecule has 14 heteroatoms. The molecule has 0 aliphatic carbocycles. The van der Waals surface area contributed by atoms with Crippen molar-refractivity contribution in [3.05, 3.63) is 102 Å².